The smallest absolute Gasteiger partial charge is 0.283 e. The van der Waals surface area contributed by atoms with Gasteiger partial charge < -0.3 is 9.67 Å². The molecule has 136 valence electrons. The van der Waals surface area contributed by atoms with E-state index in [1.807, 2.05) is 43.5 Å². The number of amides is 1. The molecule has 3 heterocycles. The quantitative estimate of drug-likeness (QED) is 0.782. The number of para-hydroxylation sites is 2. The monoisotopic (exact) mass is 379 g/mol. The van der Waals surface area contributed by atoms with Crippen molar-refractivity contribution in [3.8, 4) is 11.4 Å². The molecule has 0 atom stereocenters. The van der Waals surface area contributed by atoms with E-state index in [1.165, 1.54) is 16.8 Å². The Morgan fingerprint density at radius 3 is 2.70 bits per heavy atom. The van der Waals surface area contributed by atoms with Crippen LogP contribution in [0, 0.1) is 19.3 Å². The third-order valence-corrected chi connectivity index (χ3v) is 5.27. The van der Waals surface area contributed by atoms with E-state index in [9.17, 15) is 9.90 Å². The van der Waals surface area contributed by atoms with Crippen molar-refractivity contribution in [3.05, 3.63) is 52.9 Å². The lowest BCUT2D eigenvalue weighted by Gasteiger charge is -2.20. The van der Waals surface area contributed by atoms with Crippen LogP contribution in [-0.2, 0) is 4.79 Å². The molecular formula is C19H17N5O2S. The second-order valence-corrected chi connectivity index (χ2v) is 7.45. The number of aryl methyl sites for hydroxylation is 1. The van der Waals surface area contributed by atoms with Gasteiger partial charge in [0.2, 0.25) is 5.17 Å². The number of hydrogen-bond donors (Lipinski definition) is 2. The number of nitrogens with zero attached hydrogens (tertiary/aromatic N) is 4. The molecule has 2 aliphatic rings. The molecule has 0 spiro atoms. The van der Waals surface area contributed by atoms with Crippen LogP contribution in [-0.4, -0.2) is 36.6 Å². The number of benzene rings is 1. The van der Waals surface area contributed by atoms with Crippen LogP contribution in [0.2, 0.25) is 0 Å². The number of thioether (sulfide) groups is 1. The number of nitrogens with one attached hydrogen (secondary N) is 1. The first-order valence-electron chi connectivity index (χ1n) is 8.31. The Morgan fingerprint density at radius 2 is 1.96 bits per heavy atom. The maximum absolute atomic E-state index is 12.5. The van der Waals surface area contributed by atoms with Gasteiger partial charge in [-0.1, -0.05) is 12.1 Å². The van der Waals surface area contributed by atoms with Crippen molar-refractivity contribution in [2.45, 2.75) is 20.8 Å². The van der Waals surface area contributed by atoms with Crippen molar-refractivity contribution in [3.63, 3.8) is 0 Å². The molecule has 0 aliphatic carbocycles. The summed E-state index contributed by atoms with van der Waals surface area (Å²) >= 11 is 1.28. The highest BCUT2D eigenvalue weighted by Gasteiger charge is 2.34. The molecule has 0 saturated heterocycles. The molecule has 1 amide bonds. The van der Waals surface area contributed by atoms with E-state index in [4.69, 9.17) is 5.41 Å². The summed E-state index contributed by atoms with van der Waals surface area (Å²) in [5.74, 6) is -0.258. The SMILES string of the molecule is CC1=NN2C(=N)/C(=C\c3cc(C)n(-c4ccccc4O)c3C)C(=O)N=C2S1. The number of phenolic OH excluding ortho intramolecular Hbond substituents is 1. The third-order valence-electron chi connectivity index (χ3n) is 4.45. The zero-order chi connectivity index (χ0) is 19.3. The van der Waals surface area contributed by atoms with Crippen LogP contribution < -0.4 is 0 Å². The number of carbonyl (C=O) groups is 1. The number of hydrazone groups is 1. The van der Waals surface area contributed by atoms with E-state index in [1.54, 1.807) is 18.2 Å². The fraction of sp³-hybridized carbons (Fsp3) is 0.158. The summed E-state index contributed by atoms with van der Waals surface area (Å²) in [6, 6.07) is 9.00. The normalized spacial score (nSPS) is 18.0. The molecule has 1 aromatic carbocycles. The van der Waals surface area contributed by atoms with Gasteiger partial charge >= 0.3 is 0 Å². The van der Waals surface area contributed by atoms with Crippen molar-refractivity contribution < 1.29 is 9.90 Å². The lowest BCUT2D eigenvalue weighted by atomic mass is 10.1. The Hall–Kier alpha value is -3.13. The van der Waals surface area contributed by atoms with E-state index < -0.39 is 5.91 Å². The number of fused-ring (bicyclic) bond motifs is 1. The molecule has 8 heteroatoms. The molecule has 2 aliphatic heterocycles. The van der Waals surface area contributed by atoms with E-state index >= 15 is 0 Å². The summed E-state index contributed by atoms with van der Waals surface area (Å²) in [6.07, 6.45) is 1.66. The molecule has 27 heavy (non-hydrogen) atoms. The van der Waals surface area contributed by atoms with Gasteiger partial charge in [-0.2, -0.15) is 15.1 Å². The van der Waals surface area contributed by atoms with Crippen molar-refractivity contribution >= 4 is 39.8 Å². The maximum atomic E-state index is 12.5. The van der Waals surface area contributed by atoms with Crippen LogP contribution in [0.25, 0.3) is 11.8 Å². The van der Waals surface area contributed by atoms with Gasteiger partial charge in [-0.15, -0.1) is 0 Å². The summed E-state index contributed by atoms with van der Waals surface area (Å²) in [6.45, 7) is 5.65. The number of aromatic hydroxyl groups is 1. The molecule has 2 aromatic rings. The van der Waals surface area contributed by atoms with Crippen LogP contribution in [0.5, 0.6) is 5.75 Å². The molecule has 4 rings (SSSR count). The molecule has 7 nitrogen and oxygen atoms in total. The number of aromatic nitrogens is 1. The highest BCUT2D eigenvalue weighted by atomic mass is 32.2. The van der Waals surface area contributed by atoms with E-state index in [0.29, 0.717) is 10.9 Å². The van der Waals surface area contributed by atoms with Crippen molar-refractivity contribution in [2.75, 3.05) is 0 Å². The maximum Gasteiger partial charge on any atom is 0.283 e. The summed E-state index contributed by atoms with van der Waals surface area (Å²) in [7, 11) is 0. The largest absolute Gasteiger partial charge is 0.506 e. The summed E-state index contributed by atoms with van der Waals surface area (Å²) in [4.78, 5) is 16.5. The minimum atomic E-state index is -0.448. The molecule has 2 N–H and O–H groups in total. The standard InChI is InChI=1S/C19H17N5O2S/c1-10-8-13(11(2)23(10)15-6-4-5-7-16(15)25)9-14-17(20)24-19(21-18(14)26)27-12(3)22-24/h4-9,20,25H,1-3H3/b14-9+,20-17?. The van der Waals surface area contributed by atoms with Crippen LogP contribution in [0.3, 0.4) is 0 Å². The average Bonchev–Trinajstić information content (AvgIpc) is 3.12. The lowest BCUT2D eigenvalue weighted by Crippen LogP contribution is -2.35. The Kier molecular flexibility index (Phi) is 4.00. The molecule has 0 radical (unpaired) electrons. The first kappa shape index (κ1) is 17.3. The van der Waals surface area contributed by atoms with E-state index in [2.05, 4.69) is 10.1 Å². The van der Waals surface area contributed by atoms with E-state index in [0.717, 1.165) is 22.0 Å². The number of aliphatic imine (C=N–C) groups is 1. The number of phenols is 1. The number of carbonyl (C=O) groups excluding carboxylic acids is 1. The molecule has 0 unspecified atom stereocenters. The molecule has 0 saturated carbocycles. The summed E-state index contributed by atoms with van der Waals surface area (Å²) < 4.78 is 1.92. The molecule has 0 bridgehead atoms. The second kappa shape index (κ2) is 6.24. The van der Waals surface area contributed by atoms with Crippen molar-refractivity contribution in [1.29, 1.82) is 5.41 Å². The van der Waals surface area contributed by atoms with Crippen LogP contribution in [0.15, 0.2) is 46.0 Å². The van der Waals surface area contributed by atoms with Gasteiger partial charge in [0.15, 0.2) is 5.84 Å². The topological polar surface area (TPSA) is 94.0 Å². The van der Waals surface area contributed by atoms with Gasteiger partial charge in [-0.05, 0) is 62.4 Å². The Balaban J connectivity index is 1.80. The first-order chi connectivity index (χ1) is 12.9. The number of amidine groups is 2. The highest BCUT2D eigenvalue weighted by Crippen LogP contribution is 2.31. The lowest BCUT2D eigenvalue weighted by molar-refractivity contribution is -0.114. The second-order valence-electron chi connectivity index (χ2n) is 6.29. The Labute approximate surface area is 160 Å². The van der Waals surface area contributed by atoms with Crippen LogP contribution >= 0.6 is 11.8 Å². The first-order valence-corrected chi connectivity index (χ1v) is 9.12. The fourth-order valence-electron chi connectivity index (χ4n) is 3.20. The van der Waals surface area contributed by atoms with Crippen LogP contribution in [0.4, 0.5) is 0 Å². The highest BCUT2D eigenvalue weighted by molar-refractivity contribution is 8.26. The van der Waals surface area contributed by atoms with Gasteiger partial charge in [0.1, 0.15) is 5.75 Å². The summed E-state index contributed by atoms with van der Waals surface area (Å²) in [5.41, 5.74) is 3.40. The van der Waals surface area contributed by atoms with Crippen molar-refractivity contribution in [1.82, 2.24) is 9.58 Å². The van der Waals surface area contributed by atoms with Gasteiger partial charge in [-0.25, -0.2) is 0 Å². The molecule has 1 aromatic heterocycles. The average molecular weight is 379 g/mol. The number of rotatable bonds is 2. The van der Waals surface area contributed by atoms with Gasteiger partial charge in [0.05, 0.1) is 16.3 Å². The van der Waals surface area contributed by atoms with Gasteiger partial charge in [0, 0.05) is 11.4 Å². The van der Waals surface area contributed by atoms with Crippen LogP contribution in [0.1, 0.15) is 23.9 Å². The predicted octanol–water partition coefficient (Wildman–Crippen LogP) is 3.44. The van der Waals surface area contributed by atoms with Gasteiger partial charge in [0.25, 0.3) is 5.91 Å². The Bertz CT molecular complexity index is 1090. The minimum Gasteiger partial charge on any atom is -0.506 e. The molecule has 0 fully saturated rings. The fourth-order valence-corrected chi connectivity index (χ4v) is 3.93. The summed E-state index contributed by atoms with van der Waals surface area (Å²) in [5, 5.41) is 25.3. The Morgan fingerprint density at radius 1 is 1.22 bits per heavy atom. The van der Waals surface area contributed by atoms with E-state index in [-0.39, 0.29) is 17.2 Å². The number of hydrogen-bond acceptors (Lipinski definition) is 5. The third kappa shape index (κ3) is 2.78. The zero-order valence-corrected chi connectivity index (χ0v) is 15.8. The predicted molar refractivity (Wildman–Crippen MR) is 108 cm³/mol. The minimum absolute atomic E-state index is 0.0155. The molecular weight excluding hydrogens is 362 g/mol. The van der Waals surface area contributed by atoms with Crippen molar-refractivity contribution in [2.24, 2.45) is 10.1 Å². The van der Waals surface area contributed by atoms with Gasteiger partial charge in [-0.3, -0.25) is 10.2 Å². The zero-order valence-electron chi connectivity index (χ0n) is 15.0.